The lowest BCUT2D eigenvalue weighted by Gasteiger charge is -2.20. The third-order valence-electron chi connectivity index (χ3n) is 3.51. The summed E-state index contributed by atoms with van der Waals surface area (Å²) in [7, 11) is 1.53. The molecule has 134 valence electrons. The number of carbonyl (C=O) groups excluding carboxylic acids is 2. The van der Waals surface area contributed by atoms with Gasteiger partial charge in [0.1, 0.15) is 17.6 Å². The molecule has 0 saturated heterocycles. The average Bonchev–Trinajstić information content (AvgIpc) is 3.07. The van der Waals surface area contributed by atoms with E-state index in [-0.39, 0.29) is 17.7 Å². The summed E-state index contributed by atoms with van der Waals surface area (Å²) in [4.78, 5) is 25.1. The number of rotatable bonds is 7. The number of amides is 2. The summed E-state index contributed by atoms with van der Waals surface area (Å²) in [5.74, 6) is 0.624. The number of H-pyrrole nitrogens is 1. The third kappa shape index (κ3) is 5.32. The zero-order valence-corrected chi connectivity index (χ0v) is 15.9. The maximum Gasteiger partial charge on any atom is 0.253 e. The monoisotopic (exact) mass is 408 g/mol. The summed E-state index contributed by atoms with van der Waals surface area (Å²) >= 11 is 3.36. The third-order valence-corrected chi connectivity index (χ3v) is 4.20. The summed E-state index contributed by atoms with van der Waals surface area (Å²) < 4.78 is 5.78. The van der Waals surface area contributed by atoms with Gasteiger partial charge in [-0.05, 0) is 46.5 Å². The average molecular weight is 409 g/mol. The zero-order valence-electron chi connectivity index (χ0n) is 14.3. The molecule has 2 rings (SSSR count). The van der Waals surface area contributed by atoms with Crippen molar-refractivity contribution >= 4 is 33.6 Å². The highest BCUT2D eigenvalue weighted by atomic mass is 79.9. The Labute approximate surface area is 154 Å². The normalized spacial score (nSPS) is 11.9. The van der Waals surface area contributed by atoms with Gasteiger partial charge in [-0.2, -0.15) is 5.10 Å². The van der Waals surface area contributed by atoms with E-state index >= 15 is 0 Å². The highest BCUT2D eigenvalue weighted by Crippen LogP contribution is 2.22. The second-order valence-electron chi connectivity index (χ2n) is 5.96. The molecule has 0 spiro atoms. The Morgan fingerprint density at radius 3 is 2.68 bits per heavy atom. The molecule has 1 heterocycles. The van der Waals surface area contributed by atoms with Crippen molar-refractivity contribution in [1.82, 2.24) is 15.5 Å². The number of nitrogens with zero attached hydrogens (tertiary/aromatic N) is 1. The van der Waals surface area contributed by atoms with Crippen LogP contribution >= 0.6 is 15.9 Å². The first-order valence-corrected chi connectivity index (χ1v) is 8.64. The maximum absolute atomic E-state index is 12.6. The van der Waals surface area contributed by atoms with Gasteiger partial charge in [-0.3, -0.25) is 14.7 Å². The van der Waals surface area contributed by atoms with Crippen LogP contribution in [-0.4, -0.2) is 35.2 Å². The zero-order chi connectivity index (χ0) is 18.4. The molecule has 0 aliphatic heterocycles. The number of aromatic amines is 1. The molecular formula is C17H21BrN4O3. The Bertz CT molecular complexity index is 731. The van der Waals surface area contributed by atoms with Crippen LogP contribution in [0.4, 0.5) is 5.82 Å². The van der Waals surface area contributed by atoms with E-state index in [1.54, 1.807) is 30.5 Å². The fourth-order valence-corrected chi connectivity index (χ4v) is 2.72. The van der Waals surface area contributed by atoms with Crippen molar-refractivity contribution in [3.63, 3.8) is 0 Å². The van der Waals surface area contributed by atoms with Crippen LogP contribution in [0.3, 0.4) is 0 Å². The van der Waals surface area contributed by atoms with E-state index in [9.17, 15) is 9.59 Å². The Hall–Kier alpha value is -2.35. The number of benzene rings is 1. The van der Waals surface area contributed by atoms with E-state index < -0.39 is 6.04 Å². The number of ether oxygens (including phenoxy) is 1. The van der Waals surface area contributed by atoms with Gasteiger partial charge in [0.05, 0.1) is 18.9 Å². The smallest absolute Gasteiger partial charge is 0.253 e. The first kappa shape index (κ1) is 19.0. The first-order valence-electron chi connectivity index (χ1n) is 7.85. The van der Waals surface area contributed by atoms with Crippen molar-refractivity contribution in [2.24, 2.45) is 5.92 Å². The number of hydrogen-bond acceptors (Lipinski definition) is 4. The molecule has 25 heavy (non-hydrogen) atoms. The lowest BCUT2D eigenvalue weighted by Crippen LogP contribution is -2.44. The van der Waals surface area contributed by atoms with Crippen LogP contribution in [0.2, 0.25) is 0 Å². The molecule has 0 bridgehead atoms. The highest BCUT2D eigenvalue weighted by Gasteiger charge is 2.24. The van der Waals surface area contributed by atoms with E-state index in [0.29, 0.717) is 28.0 Å². The van der Waals surface area contributed by atoms with E-state index in [2.05, 4.69) is 36.8 Å². The first-order chi connectivity index (χ1) is 11.9. The Balaban J connectivity index is 2.15. The molecule has 0 aliphatic rings. The second kappa shape index (κ2) is 8.66. The SMILES string of the molecule is COc1ccc(Br)c(C(=O)NC(CC(C)C)C(=O)Nc2ccn[nH]2)c1. The fourth-order valence-electron chi connectivity index (χ4n) is 2.29. The fraction of sp³-hybridized carbons (Fsp3) is 0.353. The summed E-state index contributed by atoms with van der Waals surface area (Å²) in [6.45, 7) is 3.98. The van der Waals surface area contributed by atoms with Crippen LogP contribution in [0, 0.1) is 5.92 Å². The molecule has 0 radical (unpaired) electrons. The minimum atomic E-state index is -0.672. The number of anilines is 1. The molecule has 8 heteroatoms. The summed E-state index contributed by atoms with van der Waals surface area (Å²) in [5, 5.41) is 12.0. The molecular weight excluding hydrogens is 388 g/mol. The van der Waals surface area contributed by atoms with Gasteiger partial charge in [0, 0.05) is 10.5 Å². The number of nitrogens with one attached hydrogen (secondary N) is 3. The van der Waals surface area contributed by atoms with Gasteiger partial charge < -0.3 is 15.4 Å². The van der Waals surface area contributed by atoms with Crippen LogP contribution in [0.5, 0.6) is 5.75 Å². The van der Waals surface area contributed by atoms with Crippen molar-refractivity contribution in [3.8, 4) is 5.75 Å². The predicted molar refractivity (Wildman–Crippen MR) is 98.6 cm³/mol. The highest BCUT2D eigenvalue weighted by molar-refractivity contribution is 9.10. The van der Waals surface area contributed by atoms with Gasteiger partial charge in [0.2, 0.25) is 5.91 Å². The van der Waals surface area contributed by atoms with E-state index in [4.69, 9.17) is 4.74 Å². The molecule has 1 atom stereocenters. The van der Waals surface area contributed by atoms with Crippen LogP contribution < -0.4 is 15.4 Å². The molecule has 1 aromatic carbocycles. The molecule has 1 unspecified atom stereocenters. The summed E-state index contributed by atoms with van der Waals surface area (Å²) in [5.41, 5.74) is 0.405. The molecule has 0 fully saturated rings. The minimum Gasteiger partial charge on any atom is -0.497 e. The van der Waals surface area contributed by atoms with Gasteiger partial charge in [-0.25, -0.2) is 0 Å². The molecule has 3 N–H and O–H groups in total. The molecule has 2 amide bonds. The number of carbonyl (C=O) groups is 2. The predicted octanol–water partition coefficient (Wildman–Crippen LogP) is 2.96. The van der Waals surface area contributed by atoms with Crippen LogP contribution in [0.15, 0.2) is 34.9 Å². The van der Waals surface area contributed by atoms with Gasteiger partial charge in [-0.1, -0.05) is 13.8 Å². The maximum atomic E-state index is 12.6. The van der Waals surface area contributed by atoms with Gasteiger partial charge in [0.25, 0.3) is 5.91 Å². The largest absolute Gasteiger partial charge is 0.497 e. The molecule has 7 nitrogen and oxygen atoms in total. The van der Waals surface area contributed by atoms with E-state index in [0.717, 1.165) is 0 Å². The standard InChI is InChI=1S/C17H21BrN4O3/c1-10(2)8-14(17(24)21-15-6-7-19-22-15)20-16(23)12-9-11(25-3)4-5-13(12)18/h4-7,9-10,14H,8H2,1-3H3,(H,20,23)(H2,19,21,22,24). The van der Waals surface area contributed by atoms with Gasteiger partial charge >= 0.3 is 0 Å². The molecule has 2 aromatic rings. The Morgan fingerprint density at radius 1 is 1.32 bits per heavy atom. The lowest BCUT2D eigenvalue weighted by molar-refractivity contribution is -0.118. The number of hydrogen-bond donors (Lipinski definition) is 3. The number of halogens is 1. The number of methoxy groups -OCH3 is 1. The number of aromatic nitrogens is 2. The molecule has 0 saturated carbocycles. The van der Waals surface area contributed by atoms with Gasteiger partial charge in [0.15, 0.2) is 0 Å². The molecule has 1 aromatic heterocycles. The summed E-state index contributed by atoms with van der Waals surface area (Å²) in [6, 6.07) is 6.07. The molecule has 0 aliphatic carbocycles. The van der Waals surface area contributed by atoms with Crippen molar-refractivity contribution in [2.75, 3.05) is 12.4 Å². The minimum absolute atomic E-state index is 0.228. The van der Waals surface area contributed by atoms with E-state index in [1.165, 1.54) is 7.11 Å². The van der Waals surface area contributed by atoms with Crippen molar-refractivity contribution < 1.29 is 14.3 Å². The van der Waals surface area contributed by atoms with Crippen molar-refractivity contribution in [2.45, 2.75) is 26.3 Å². The van der Waals surface area contributed by atoms with Crippen LogP contribution in [0.1, 0.15) is 30.6 Å². The Kier molecular flexibility index (Phi) is 6.58. The van der Waals surface area contributed by atoms with Crippen LogP contribution in [0.25, 0.3) is 0 Å². The Morgan fingerprint density at radius 2 is 2.08 bits per heavy atom. The van der Waals surface area contributed by atoms with Crippen molar-refractivity contribution in [3.05, 3.63) is 40.5 Å². The van der Waals surface area contributed by atoms with Gasteiger partial charge in [-0.15, -0.1) is 0 Å². The van der Waals surface area contributed by atoms with Crippen molar-refractivity contribution in [1.29, 1.82) is 0 Å². The topological polar surface area (TPSA) is 96.1 Å². The quantitative estimate of drug-likeness (QED) is 0.655. The lowest BCUT2D eigenvalue weighted by atomic mass is 10.0. The summed E-state index contributed by atoms with van der Waals surface area (Å²) in [6.07, 6.45) is 2.05. The van der Waals surface area contributed by atoms with Crippen LogP contribution in [-0.2, 0) is 4.79 Å². The van der Waals surface area contributed by atoms with E-state index in [1.807, 2.05) is 13.8 Å². The second-order valence-corrected chi connectivity index (χ2v) is 6.82.